The van der Waals surface area contributed by atoms with E-state index in [2.05, 4.69) is 5.32 Å². The van der Waals surface area contributed by atoms with E-state index >= 15 is 0 Å². The second kappa shape index (κ2) is 14.4. The van der Waals surface area contributed by atoms with E-state index in [0.717, 1.165) is 6.07 Å². The second-order valence-electron chi connectivity index (χ2n) is 11.4. The first-order valence-electron chi connectivity index (χ1n) is 14.5. The van der Waals surface area contributed by atoms with Gasteiger partial charge in [-0.2, -0.15) is 0 Å². The van der Waals surface area contributed by atoms with Crippen molar-refractivity contribution >= 4 is 23.6 Å². The fraction of sp³-hybridized carbons (Fsp3) is 0.452. The van der Waals surface area contributed by atoms with E-state index in [1.165, 1.54) is 37.3 Å². The number of nitrogens with one attached hydrogen (secondary N) is 1. The van der Waals surface area contributed by atoms with Gasteiger partial charge in [0.25, 0.3) is 0 Å². The Hall–Kier alpha value is -3.38. The minimum Gasteiger partial charge on any atom is -0.504 e. The van der Waals surface area contributed by atoms with Gasteiger partial charge in [0.05, 0.1) is 6.04 Å². The molecule has 0 bridgehead atoms. The Bertz CT molecular complexity index is 1540. The van der Waals surface area contributed by atoms with Crippen LogP contribution >= 0.6 is 11.6 Å². The summed E-state index contributed by atoms with van der Waals surface area (Å²) in [4.78, 5) is 12.9. The zero-order chi connectivity index (χ0) is 34.2. The molecule has 2 aromatic carbocycles. The largest absolute Gasteiger partial charge is 0.504 e. The molecule has 5 rings (SSSR count). The molecule has 0 unspecified atom stereocenters. The molecule has 3 aliphatic rings. The number of benzene rings is 2. The Labute approximate surface area is 272 Å². The zero-order valence-corrected chi connectivity index (χ0v) is 25.8. The van der Waals surface area contributed by atoms with Gasteiger partial charge in [-0.1, -0.05) is 17.7 Å². The van der Waals surface area contributed by atoms with Crippen molar-refractivity contribution in [2.24, 2.45) is 0 Å². The van der Waals surface area contributed by atoms with Crippen molar-refractivity contribution in [3.05, 3.63) is 69.8 Å². The van der Waals surface area contributed by atoms with Gasteiger partial charge in [0, 0.05) is 17.7 Å². The number of halogens is 3. The van der Waals surface area contributed by atoms with Crippen LogP contribution in [0, 0.1) is 11.6 Å². The SMILES string of the molecule is C/C(=C/COc1cc(F)cc(F)c1Cl)[C@H]1O[C@@H](Oc2ccc(/C=C(\C)C(=O)N[C@@H]3[C@H](O)[C@@H](O)[C@H]4OCO[C@H]4[C@@H]3O)cc2O)[C@@H](O)[C@@H]1O. The van der Waals surface area contributed by atoms with Crippen molar-refractivity contribution in [2.45, 2.75) is 75.0 Å². The normalized spacial score (nSPS) is 32.6. The van der Waals surface area contributed by atoms with Gasteiger partial charge >= 0.3 is 0 Å². The number of rotatable bonds is 9. The number of phenolic OH excluding ortho intramolecular Hbond substituents is 1. The number of carbonyl (C=O) groups is 1. The van der Waals surface area contributed by atoms with Crippen LogP contribution < -0.4 is 14.8 Å². The highest BCUT2D eigenvalue weighted by Crippen LogP contribution is 2.34. The summed E-state index contributed by atoms with van der Waals surface area (Å²) in [7, 11) is 0. The van der Waals surface area contributed by atoms with Crippen LogP contribution in [0.2, 0.25) is 5.02 Å². The highest BCUT2D eigenvalue weighted by Gasteiger charge is 2.53. The third-order valence-electron chi connectivity index (χ3n) is 8.14. The molecule has 47 heavy (non-hydrogen) atoms. The summed E-state index contributed by atoms with van der Waals surface area (Å²) in [5, 5.41) is 65.1. The van der Waals surface area contributed by atoms with E-state index in [9.17, 15) is 44.2 Å². The van der Waals surface area contributed by atoms with Gasteiger partial charge in [-0.05, 0) is 49.3 Å². The van der Waals surface area contributed by atoms with Crippen molar-refractivity contribution in [1.29, 1.82) is 0 Å². The molecule has 10 atom stereocenters. The second-order valence-corrected chi connectivity index (χ2v) is 11.8. The third-order valence-corrected chi connectivity index (χ3v) is 8.51. The molecule has 2 heterocycles. The summed E-state index contributed by atoms with van der Waals surface area (Å²) < 4.78 is 54.2. The Morgan fingerprint density at radius 3 is 2.38 bits per heavy atom. The number of aromatic hydroxyl groups is 1. The molecule has 2 aliphatic heterocycles. The first-order chi connectivity index (χ1) is 22.3. The average Bonchev–Trinajstić information content (AvgIpc) is 3.63. The van der Waals surface area contributed by atoms with Crippen LogP contribution in [0.4, 0.5) is 8.78 Å². The number of ether oxygens (including phenoxy) is 5. The molecule has 256 valence electrons. The Morgan fingerprint density at radius 2 is 1.68 bits per heavy atom. The van der Waals surface area contributed by atoms with E-state index in [-0.39, 0.29) is 36.2 Å². The summed E-state index contributed by atoms with van der Waals surface area (Å²) in [6.45, 7) is 2.67. The maximum atomic E-state index is 13.6. The maximum Gasteiger partial charge on any atom is 0.247 e. The van der Waals surface area contributed by atoms with E-state index in [4.69, 9.17) is 35.3 Å². The number of amides is 1. The molecular formula is C31H34ClF2NO12. The Morgan fingerprint density at radius 1 is 0.979 bits per heavy atom. The summed E-state index contributed by atoms with van der Waals surface area (Å²) >= 11 is 5.80. The summed E-state index contributed by atoms with van der Waals surface area (Å²) in [6, 6.07) is 4.40. The minimum absolute atomic E-state index is 0.107. The summed E-state index contributed by atoms with van der Waals surface area (Å²) in [5.74, 6) is -3.24. The van der Waals surface area contributed by atoms with Crippen LogP contribution in [0.25, 0.3) is 6.08 Å². The summed E-state index contributed by atoms with van der Waals surface area (Å²) in [6.07, 6.45) is -8.65. The number of hydrogen-bond acceptors (Lipinski definition) is 12. The van der Waals surface area contributed by atoms with Gasteiger partial charge in [-0.15, -0.1) is 0 Å². The van der Waals surface area contributed by atoms with Crippen LogP contribution in [0.15, 0.2) is 47.6 Å². The minimum atomic E-state index is -1.53. The van der Waals surface area contributed by atoms with Gasteiger partial charge in [0.1, 0.15) is 84.6 Å². The predicted octanol–water partition coefficient (Wildman–Crippen LogP) is 0.900. The van der Waals surface area contributed by atoms with Crippen molar-refractivity contribution < 1.29 is 67.9 Å². The fourth-order valence-corrected chi connectivity index (χ4v) is 5.69. The number of aliphatic hydroxyl groups is 5. The lowest BCUT2D eigenvalue weighted by Gasteiger charge is -2.41. The predicted molar refractivity (Wildman–Crippen MR) is 158 cm³/mol. The fourth-order valence-electron chi connectivity index (χ4n) is 5.52. The Kier molecular flexibility index (Phi) is 10.7. The summed E-state index contributed by atoms with van der Waals surface area (Å²) in [5.41, 5.74) is 0.901. The van der Waals surface area contributed by atoms with Crippen molar-refractivity contribution in [2.75, 3.05) is 13.4 Å². The number of fused-ring (bicyclic) bond motifs is 1. The quantitative estimate of drug-likeness (QED) is 0.112. The first-order valence-corrected chi connectivity index (χ1v) is 14.9. The number of carbonyl (C=O) groups excluding carboxylic acids is 1. The number of phenols is 1. The monoisotopic (exact) mass is 685 g/mol. The highest BCUT2D eigenvalue weighted by molar-refractivity contribution is 6.32. The van der Waals surface area contributed by atoms with E-state index in [1.807, 2.05) is 0 Å². The molecular weight excluding hydrogens is 652 g/mol. The van der Waals surface area contributed by atoms with Crippen LogP contribution in [-0.2, 0) is 19.0 Å². The van der Waals surface area contributed by atoms with E-state index < -0.39 is 83.7 Å². The maximum absolute atomic E-state index is 13.6. The topological polar surface area (TPSA) is 197 Å². The third kappa shape index (κ3) is 7.38. The standard InChI is InChI=1S/C31H34ClF2NO12/c1-12(5-6-43-19-10-15(33)9-16(34)20(19)32)27-25(40)26(41)31(47-27)46-18-4-3-14(8-17(18)36)7-13(2)30(42)35-21-22(37)24(39)29-28(23(21)38)44-11-45-29/h3-5,7-10,21-29,31,36-41H,6,11H2,1-2H3,(H,35,42)/b12-5-,13-7+/t21-,22+,23-,24-,25+,26+,27-,28+,29-,31-/m1/s1. The van der Waals surface area contributed by atoms with Crippen LogP contribution in [-0.4, -0.2) is 111 Å². The van der Waals surface area contributed by atoms with Crippen LogP contribution in [0.1, 0.15) is 19.4 Å². The molecule has 1 amide bonds. The molecule has 1 saturated carbocycles. The van der Waals surface area contributed by atoms with Crippen LogP contribution in [0.5, 0.6) is 17.2 Å². The molecule has 0 radical (unpaired) electrons. The molecule has 0 spiro atoms. The molecule has 7 N–H and O–H groups in total. The number of hydrogen-bond donors (Lipinski definition) is 7. The lowest BCUT2D eigenvalue weighted by atomic mass is 9.83. The number of aliphatic hydroxyl groups excluding tert-OH is 5. The molecule has 16 heteroatoms. The lowest BCUT2D eigenvalue weighted by Crippen LogP contribution is -2.67. The highest BCUT2D eigenvalue weighted by atomic mass is 35.5. The van der Waals surface area contributed by atoms with E-state index in [1.54, 1.807) is 6.92 Å². The van der Waals surface area contributed by atoms with E-state index in [0.29, 0.717) is 17.2 Å². The average molecular weight is 686 g/mol. The van der Waals surface area contributed by atoms with Gasteiger partial charge < -0.3 is 59.6 Å². The molecule has 1 aliphatic carbocycles. The molecule has 0 aromatic heterocycles. The van der Waals surface area contributed by atoms with Gasteiger partial charge in [-0.3, -0.25) is 4.79 Å². The molecule has 13 nitrogen and oxygen atoms in total. The smallest absolute Gasteiger partial charge is 0.247 e. The zero-order valence-electron chi connectivity index (χ0n) is 25.0. The lowest BCUT2D eigenvalue weighted by molar-refractivity contribution is -0.155. The molecule has 3 fully saturated rings. The molecule has 2 aromatic rings. The molecule has 2 saturated heterocycles. The Balaban J connectivity index is 1.18. The van der Waals surface area contributed by atoms with Gasteiger partial charge in [0.15, 0.2) is 11.5 Å². The van der Waals surface area contributed by atoms with Crippen molar-refractivity contribution in [3.63, 3.8) is 0 Å². The van der Waals surface area contributed by atoms with Gasteiger partial charge in [-0.25, -0.2) is 8.78 Å². The van der Waals surface area contributed by atoms with Crippen LogP contribution in [0.3, 0.4) is 0 Å². The van der Waals surface area contributed by atoms with Crippen molar-refractivity contribution in [1.82, 2.24) is 5.32 Å². The van der Waals surface area contributed by atoms with Crippen molar-refractivity contribution in [3.8, 4) is 17.2 Å². The first kappa shape index (κ1) is 34.9. The van der Waals surface area contributed by atoms with Gasteiger partial charge in [0.2, 0.25) is 12.2 Å².